The Kier molecular flexibility index (Phi) is 3.94. The first-order valence-electron chi connectivity index (χ1n) is 8.26. The zero-order valence-corrected chi connectivity index (χ0v) is 14.5. The lowest BCUT2D eigenvalue weighted by Gasteiger charge is -2.08. The number of rotatable bonds is 3. The summed E-state index contributed by atoms with van der Waals surface area (Å²) in [5.41, 5.74) is 3.60. The lowest BCUT2D eigenvalue weighted by Crippen LogP contribution is -2.12. The van der Waals surface area contributed by atoms with Crippen LogP contribution in [0.25, 0.3) is 21.8 Å². The number of hydrogen-bond donors (Lipinski definition) is 1. The summed E-state index contributed by atoms with van der Waals surface area (Å²) >= 11 is 6.12. The van der Waals surface area contributed by atoms with Crippen LogP contribution in [-0.4, -0.2) is 10.5 Å². The average Bonchev–Trinajstić information content (AvgIpc) is 2.95. The van der Waals surface area contributed by atoms with E-state index in [1.165, 1.54) is 16.4 Å². The van der Waals surface area contributed by atoms with Gasteiger partial charge in [0.1, 0.15) is 0 Å². The minimum Gasteiger partial charge on any atom is -0.341 e. The van der Waals surface area contributed by atoms with Crippen molar-refractivity contribution in [1.82, 2.24) is 4.57 Å². The first-order valence-corrected chi connectivity index (χ1v) is 8.63. The van der Waals surface area contributed by atoms with Gasteiger partial charge in [-0.3, -0.25) is 4.79 Å². The van der Waals surface area contributed by atoms with Crippen molar-refractivity contribution in [3.05, 3.63) is 77.3 Å². The molecule has 4 aromatic rings. The summed E-state index contributed by atoms with van der Waals surface area (Å²) in [6, 6.07) is 21.4. The number of benzene rings is 3. The first-order chi connectivity index (χ1) is 12.2. The molecule has 0 fully saturated rings. The lowest BCUT2D eigenvalue weighted by atomic mass is 10.1. The van der Waals surface area contributed by atoms with E-state index >= 15 is 0 Å². The number of hydrogen-bond acceptors (Lipinski definition) is 1. The normalized spacial score (nSPS) is 11.1. The predicted octanol–water partition coefficient (Wildman–Crippen LogP) is 5.72. The number of nitrogens with zero attached hydrogens (tertiary/aromatic N) is 1. The summed E-state index contributed by atoms with van der Waals surface area (Å²) in [6.45, 7) is 3.04. The molecule has 0 saturated heterocycles. The van der Waals surface area contributed by atoms with E-state index in [1.807, 2.05) is 30.3 Å². The zero-order chi connectivity index (χ0) is 17.4. The van der Waals surface area contributed by atoms with E-state index in [0.717, 1.165) is 17.6 Å². The van der Waals surface area contributed by atoms with E-state index in [1.54, 1.807) is 18.2 Å². The number of anilines is 1. The molecule has 0 radical (unpaired) electrons. The Hall–Kier alpha value is -2.78. The Balaban J connectivity index is 1.78. The Labute approximate surface area is 150 Å². The second-order valence-corrected chi connectivity index (χ2v) is 6.33. The minimum absolute atomic E-state index is 0.204. The number of aromatic nitrogens is 1. The summed E-state index contributed by atoms with van der Waals surface area (Å²) in [7, 11) is 0. The molecule has 0 atom stereocenters. The van der Waals surface area contributed by atoms with E-state index < -0.39 is 0 Å². The van der Waals surface area contributed by atoms with Crippen LogP contribution >= 0.6 is 11.6 Å². The summed E-state index contributed by atoms with van der Waals surface area (Å²) < 4.78 is 2.28. The van der Waals surface area contributed by atoms with Gasteiger partial charge in [-0.25, -0.2) is 0 Å². The van der Waals surface area contributed by atoms with Crippen molar-refractivity contribution in [2.75, 3.05) is 5.32 Å². The molecule has 124 valence electrons. The fourth-order valence-electron chi connectivity index (χ4n) is 3.32. The van der Waals surface area contributed by atoms with Crippen LogP contribution in [0.1, 0.15) is 17.3 Å². The van der Waals surface area contributed by atoms with E-state index in [-0.39, 0.29) is 5.91 Å². The maximum atomic E-state index is 12.5. The molecule has 3 nitrogen and oxygen atoms in total. The van der Waals surface area contributed by atoms with Crippen molar-refractivity contribution in [2.24, 2.45) is 0 Å². The molecule has 1 heterocycles. The number of carbonyl (C=O) groups excluding carboxylic acids is 1. The van der Waals surface area contributed by atoms with Gasteiger partial charge in [0.15, 0.2) is 0 Å². The highest BCUT2D eigenvalue weighted by Crippen LogP contribution is 2.31. The molecule has 1 amide bonds. The van der Waals surface area contributed by atoms with Crippen LogP contribution in [0, 0.1) is 0 Å². The number of halogens is 1. The summed E-state index contributed by atoms with van der Waals surface area (Å²) in [6.07, 6.45) is 0. The molecule has 25 heavy (non-hydrogen) atoms. The number of amides is 1. The van der Waals surface area contributed by atoms with Crippen LogP contribution in [0.5, 0.6) is 0 Å². The van der Waals surface area contributed by atoms with Crippen molar-refractivity contribution < 1.29 is 4.79 Å². The third-order valence-electron chi connectivity index (χ3n) is 4.46. The molecule has 0 unspecified atom stereocenters. The highest BCUT2D eigenvalue weighted by atomic mass is 35.5. The molecule has 1 aromatic heterocycles. The number of aryl methyl sites for hydroxylation is 1. The topological polar surface area (TPSA) is 34.0 Å². The van der Waals surface area contributed by atoms with Crippen molar-refractivity contribution in [1.29, 1.82) is 0 Å². The Morgan fingerprint density at radius 3 is 2.48 bits per heavy atom. The number of fused-ring (bicyclic) bond motifs is 3. The molecular weight excluding hydrogens is 332 g/mol. The molecule has 0 saturated carbocycles. The van der Waals surface area contributed by atoms with Crippen LogP contribution in [-0.2, 0) is 6.54 Å². The highest BCUT2D eigenvalue weighted by Gasteiger charge is 2.13. The van der Waals surface area contributed by atoms with Crippen molar-refractivity contribution in [2.45, 2.75) is 13.5 Å². The molecule has 0 aliphatic rings. The molecule has 0 bridgehead atoms. The Morgan fingerprint density at radius 1 is 0.960 bits per heavy atom. The Bertz CT molecular complexity index is 1100. The van der Waals surface area contributed by atoms with Gasteiger partial charge in [0.05, 0.1) is 10.6 Å². The van der Waals surface area contributed by atoms with Crippen LogP contribution in [0.15, 0.2) is 66.7 Å². The van der Waals surface area contributed by atoms with Gasteiger partial charge in [-0.2, -0.15) is 0 Å². The molecule has 0 spiro atoms. The lowest BCUT2D eigenvalue weighted by molar-refractivity contribution is 0.102. The Morgan fingerprint density at radius 2 is 1.68 bits per heavy atom. The fraction of sp³-hybridized carbons (Fsp3) is 0.0952. The van der Waals surface area contributed by atoms with Gasteiger partial charge in [-0.15, -0.1) is 0 Å². The smallest absolute Gasteiger partial charge is 0.257 e. The zero-order valence-electron chi connectivity index (χ0n) is 13.8. The van der Waals surface area contributed by atoms with Crippen molar-refractivity contribution in [3.8, 4) is 0 Å². The van der Waals surface area contributed by atoms with Gasteiger partial charge in [0.25, 0.3) is 5.91 Å². The summed E-state index contributed by atoms with van der Waals surface area (Å²) in [5, 5.41) is 5.72. The van der Waals surface area contributed by atoms with Crippen molar-refractivity contribution >= 4 is 45.0 Å². The quantitative estimate of drug-likeness (QED) is 0.504. The minimum atomic E-state index is -0.204. The maximum Gasteiger partial charge on any atom is 0.257 e. The largest absolute Gasteiger partial charge is 0.341 e. The summed E-state index contributed by atoms with van der Waals surface area (Å²) in [4.78, 5) is 12.5. The molecule has 4 heteroatoms. The second kappa shape index (κ2) is 6.26. The fourth-order valence-corrected chi connectivity index (χ4v) is 3.54. The molecule has 0 aliphatic carbocycles. The number of nitrogens with one attached hydrogen (secondary N) is 1. The van der Waals surface area contributed by atoms with E-state index in [9.17, 15) is 4.79 Å². The maximum absolute atomic E-state index is 12.5. The predicted molar refractivity (Wildman–Crippen MR) is 105 cm³/mol. The van der Waals surface area contributed by atoms with Crippen LogP contribution < -0.4 is 5.32 Å². The van der Waals surface area contributed by atoms with E-state index in [0.29, 0.717) is 10.6 Å². The van der Waals surface area contributed by atoms with Crippen LogP contribution in [0.2, 0.25) is 5.02 Å². The summed E-state index contributed by atoms with van der Waals surface area (Å²) in [5.74, 6) is -0.204. The number of carbonyl (C=O) groups is 1. The third-order valence-corrected chi connectivity index (χ3v) is 4.79. The average molecular weight is 349 g/mol. The standard InChI is InChI=1S/C21H17ClN2O/c1-2-24-19-10-6-4-7-15(19)17-13-14(11-12-20(17)24)23-21(25)16-8-3-5-9-18(16)22/h3-13H,2H2,1H3,(H,23,25). The van der Waals surface area contributed by atoms with E-state index in [2.05, 4.69) is 35.0 Å². The monoisotopic (exact) mass is 348 g/mol. The molecule has 0 aliphatic heterocycles. The molecule has 4 rings (SSSR count). The second-order valence-electron chi connectivity index (χ2n) is 5.93. The first kappa shape index (κ1) is 15.7. The van der Waals surface area contributed by atoms with E-state index in [4.69, 9.17) is 11.6 Å². The SMILES string of the molecule is CCn1c2ccccc2c2cc(NC(=O)c3ccccc3Cl)ccc21. The van der Waals surface area contributed by atoms with Crippen molar-refractivity contribution in [3.63, 3.8) is 0 Å². The van der Waals surface area contributed by atoms with Gasteiger partial charge in [0.2, 0.25) is 0 Å². The van der Waals surface area contributed by atoms with Crippen LogP contribution in [0.4, 0.5) is 5.69 Å². The molecular formula is C21H17ClN2O. The molecule has 3 aromatic carbocycles. The third kappa shape index (κ3) is 2.67. The van der Waals surface area contributed by atoms with Gasteiger partial charge in [-0.1, -0.05) is 41.9 Å². The van der Waals surface area contributed by atoms with Gasteiger partial charge in [0, 0.05) is 34.0 Å². The number of para-hydroxylation sites is 1. The van der Waals surface area contributed by atoms with Crippen LogP contribution in [0.3, 0.4) is 0 Å². The molecule has 1 N–H and O–H groups in total. The van der Waals surface area contributed by atoms with Gasteiger partial charge >= 0.3 is 0 Å². The highest BCUT2D eigenvalue weighted by molar-refractivity contribution is 6.34. The van der Waals surface area contributed by atoms with Gasteiger partial charge in [-0.05, 0) is 43.3 Å². The van der Waals surface area contributed by atoms with Gasteiger partial charge < -0.3 is 9.88 Å².